The summed E-state index contributed by atoms with van der Waals surface area (Å²) in [4.78, 5) is 11.7. The lowest BCUT2D eigenvalue weighted by Gasteiger charge is -2.47. The first-order valence-electron chi connectivity index (χ1n) is 6.37. The smallest absolute Gasteiger partial charge is 0.312 e. The summed E-state index contributed by atoms with van der Waals surface area (Å²) in [6.07, 6.45) is 2.02. The quantitative estimate of drug-likeness (QED) is 0.794. The van der Waals surface area contributed by atoms with Gasteiger partial charge >= 0.3 is 5.97 Å². The second kappa shape index (κ2) is 5.13. The number of rotatable bonds is 3. The van der Waals surface area contributed by atoms with E-state index in [1.807, 2.05) is 6.92 Å². The summed E-state index contributed by atoms with van der Waals surface area (Å²) < 4.78 is 16.7. The molecule has 2 saturated heterocycles. The third-order valence-corrected chi connectivity index (χ3v) is 8.70. The normalized spacial score (nSPS) is 40.3. The Hall–Kier alpha value is -0.0700. The standard InChI is InChI=1S/C12H20O4S2/c1-3-12(17-7-4-8-18(12)15)11(2,14)9-5-6-16-10(9)13/h9,14H,3-8H2,1-2H3/t9-,11-,12+,18?/m0/s1. The minimum absolute atomic E-state index is 0.351. The van der Waals surface area contributed by atoms with Crippen molar-refractivity contribution in [2.24, 2.45) is 5.92 Å². The molecule has 0 amide bonds. The second-order valence-electron chi connectivity index (χ2n) is 5.01. The van der Waals surface area contributed by atoms with Crippen molar-refractivity contribution in [3.63, 3.8) is 0 Å². The summed E-state index contributed by atoms with van der Waals surface area (Å²) in [5.41, 5.74) is -1.27. The van der Waals surface area contributed by atoms with Gasteiger partial charge in [0.05, 0.1) is 12.5 Å². The fourth-order valence-electron chi connectivity index (χ4n) is 2.93. The van der Waals surface area contributed by atoms with Gasteiger partial charge in [0.25, 0.3) is 0 Å². The van der Waals surface area contributed by atoms with Gasteiger partial charge in [-0.1, -0.05) is 6.92 Å². The van der Waals surface area contributed by atoms with Crippen LogP contribution in [0.2, 0.25) is 0 Å². The predicted molar refractivity (Wildman–Crippen MR) is 72.8 cm³/mol. The molecular weight excluding hydrogens is 272 g/mol. The van der Waals surface area contributed by atoms with Crippen LogP contribution in [0.15, 0.2) is 0 Å². The Balaban J connectivity index is 2.35. The molecule has 0 aliphatic carbocycles. The van der Waals surface area contributed by atoms with Crippen molar-refractivity contribution in [1.82, 2.24) is 0 Å². The molecule has 2 aliphatic rings. The Kier molecular flexibility index (Phi) is 4.09. The number of carbonyl (C=O) groups excluding carboxylic acids is 1. The van der Waals surface area contributed by atoms with E-state index in [2.05, 4.69) is 0 Å². The van der Waals surface area contributed by atoms with E-state index < -0.39 is 26.4 Å². The lowest BCUT2D eigenvalue weighted by Crippen LogP contribution is -2.59. The van der Waals surface area contributed by atoms with E-state index in [1.54, 1.807) is 18.7 Å². The van der Waals surface area contributed by atoms with E-state index in [0.29, 0.717) is 25.2 Å². The zero-order valence-electron chi connectivity index (χ0n) is 10.8. The maximum absolute atomic E-state index is 12.4. The number of hydrogen-bond acceptors (Lipinski definition) is 5. The van der Waals surface area contributed by atoms with Gasteiger partial charge < -0.3 is 9.84 Å². The average Bonchev–Trinajstić information content (AvgIpc) is 2.76. The highest BCUT2D eigenvalue weighted by atomic mass is 32.2. The molecule has 4 atom stereocenters. The molecule has 104 valence electrons. The van der Waals surface area contributed by atoms with Crippen molar-refractivity contribution < 1.29 is 18.8 Å². The molecule has 0 aromatic carbocycles. The van der Waals surface area contributed by atoms with Gasteiger partial charge in [-0.3, -0.25) is 9.00 Å². The van der Waals surface area contributed by atoms with Gasteiger partial charge in [-0.15, -0.1) is 11.8 Å². The zero-order chi connectivity index (χ0) is 13.4. The van der Waals surface area contributed by atoms with Gasteiger partial charge in [-0.2, -0.15) is 0 Å². The Morgan fingerprint density at radius 3 is 2.89 bits per heavy atom. The molecule has 18 heavy (non-hydrogen) atoms. The van der Waals surface area contributed by atoms with Gasteiger partial charge in [-0.25, -0.2) is 0 Å². The molecule has 6 heteroatoms. The molecule has 2 heterocycles. The number of thioether (sulfide) groups is 1. The monoisotopic (exact) mass is 292 g/mol. The molecule has 2 rings (SSSR count). The highest BCUT2D eigenvalue weighted by Gasteiger charge is 2.59. The van der Waals surface area contributed by atoms with E-state index in [4.69, 9.17) is 4.74 Å². The van der Waals surface area contributed by atoms with Crippen LogP contribution in [0.25, 0.3) is 0 Å². The van der Waals surface area contributed by atoms with Gasteiger partial charge in [0.1, 0.15) is 9.68 Å². The van der Waals surface area contributed by atoms with Crippen LogP contribution in [0, 0.1) is 5.92 Å². The maximum Gasteiger partial charge on any atom is 0.312 e. The zero-order valence-corrected chi connectivity index (χ0v) is 12.4. The van der Waals surface area contributed by atoms with Crippen molar-refractivity contribution in [2.45, 2.75) is 42.8 Å². The van der Waals surface area contributed by atoms with Gasteiger partial charge in [0, 0.05) is 16.6 Å². The third kappa shape index (κ3) is 2.02. The lowest BCUT2D eigenvalue weighted by atomic mass is 9.83. The first-order valence-corrected chi connectivity index (χ1v) is 8.67. The minimum Gasteiger partial charge on any atom is -0.465 e. The molecule has 0 spiro atoms. The SMILES string of the molecule is CC[C@@]1([C@@](C)(O)[C@H]2CCOC2=O)SCCCS1=O. The van der Waals surface area contributed by atoms with E-state index in [-0.39, 0.29) is 5.97 Å². The molecule has 2 fully saturated rings. The highest BCUT2D eigenvalue weighted by Crippen LogP contribution is 2.50. The van der Waals surface area contributed by atoms with Crippen LogP contribution in [0.1, 0.15) is 33.1 Å². The van der Waals surface area contributed by atoms with Crippen LogP contribution in [0.4, 0.5) is 0 Å². The van der Waals surface area contributed by atoms with Crippen molar-refractivity contribution in [2.75, 3.05) is 18.1 Å². The summed E-state index contributed by atoms with van der Waals surface area (Å²) >= 11 is 1.56. The fraction of sp³-hybridized carbons (Fsp3) is 0.917. The van der Waals surface area contributed by atoms with Crippen molar-refractivity contribution in [1.29, 1.82) is 0 Å². The molecule has 2 aliphatic heterocycles. The predicted octanol–water partition coefficient (Wildman–Crippen LogP) is 1.29. The molecule has 1 unspecified atom stereocenters. The molecule has 0 bridgehead atoms. The Morgan fingerprint density at radius 1 is 1.67 bits per heavy atom. The molecular formula is C12H20O4S2. The number of esters is 1. The van der Waals surface area contributed by atoms with Crippen molar-refractivity contribution >= 4 is 28.5 Å². The Bertz CT molecular complexity index is 369. The number of cyclic esters (lactones) is 1. The molecule has 0 aromatic rings. The van der Waals surface area contributed by atoms with Crippen LogP contribution in [0.3, 0.4) is 0 Å². The number of ether oxygens (including phenoxy) is 1. The molecule has 0 radical (unpaired) electrons. The lowest BCUT2D eigenvalue weighted by molar-refractivity contribution is -0.148. The van der Waals surface area contributed by atoms with Crippen LogP contribution in [-0.4, -0.2) is 43.1 Å². The van der Waals surface area contributed by atoms with Gasteiger partial charge in [0.15, 0.2) is 0 Å². The summed E-state index contributed by atoms with van der Waals surface area (Å²) in [5.74, 6) is 0.596. The number of hydrogen-bond donors (Lipinski definition) is 1. The van der Waals surface area contributed by atoms with E-state index in [0.717, 1.165) is 12.2 Å². The summed E-state index contributed by atoms with van der Waals surface area (Å²) in [6.45, 7) is 3.95. The first kappa shape index (κ1) is 14.3. The van der Waals surface area contributed by atoms with Crippen LogP contribution >= 0.6 is 11.8 Å². The van der Waals surface area contributed by atoms with Crippen LogP contribution < -0.4 is 0 Å². The van der Waals surface area contributed by atoms with E-state index >= 15 is 0 Å². The van der Waals surface area contributed by atoms with Gasteiger partial charge in [0.2, 0.25) is 0 Å². The topological polar surface area (TPSA) is 63.6 Å². The molecule has 0 aromatic heterocycles. The molecule has 0 saturated carbocycles. The molecule has 4 nitrogen and oxygen atoms in total. The van der Waals surface area contributed by atoms with E-state index in [9.17, 15) is 14.1 Å². The van der Waals surface area contributed by atoms with Gasteiger partial charge in [-0.05, 0) is 31.9 Å². The largest absolute Gasteiger partial charge is 0.465 e. The Labute approximate surface area is 114 Å². The average molecular weight is 292 g/mol. The minimum atomic E-state index is -1.27. The summed E-state index contributed by atoms with van der Waals surface area (Å²) in [5, 5.41) is 10.9. The second-order valence-corrected chi connectivity index (χ2v) is 8.46. The summed E-state index contributed by atoms with van der Waals surface area (Å²) in [7, 11) is -1.11. The van der Waals surface area contributed by atoms with E-state index in [1.165, 1.54) is 0 Å². The number of aliphatic hydroxyl groups is 1. The molecule has 1 N–H and O–H groups in total. The Morgan fingerprint density at radius 2 is 2.39 bits per heavy atom. The highest BCUT2D eigenvalue weighted by molar-refractivity contribution is 8.13. The summed E-state index contributed by atoms with van der Waals surface area (Å²) in [6, 6.07) is 0. The first-order chi connectivity index (χ1) is 8.45. The van der Waals surface area contributed by atoms with Crippen molar-refractivity contribution in [3.8, 4) is 0 Å². The fourth-order valence-corrected chi connectivity index (χ4v) is 7.05. The maximum atomic E-state index is 12.4. The van der Waals surface area contributed by atoms with Crippen molar-refractivity contribution in [3.05, 3.63) is 0 Å². The third-order valence-electron chi connectivity index (χ3n) is 4.03. The van der Waals surface area contributed by atoms with Crippen LogP contribution in [-0.2, 0) is 20.3 Å². The number of carbonyl (C=O) groups is 1. The van der Waals surface area contributed by atoms with Crippen LogP contribution in [0.5, 0.6) is 0 Å².